The molecule has 1 aromatic carbocycles. The fourth-order valence-electron chi connectivity index (χ4n) is 2.62. The minimum absolute atomic E-state index is 0.326. The van der Waals surface area contributed by atoms with Gasteiger partial charge in [0.2, 0.25) is 0 Å². The number of rotatable bonds is 3. The Labute approximate surface area is 111 Å². The molecule has 2 nitrogen and oxygen atoms in total. The molecule has 1 fully saturated rings. The summed E-state index contributed by atoms with van der Waals surface area (Å²) in [7, 11) is 2.08. The molecule has 1 N–H and O–H groups in total. The Hall–Kier alpha value is -1.07. The summed E-state index contributed by atoms with van der Waals surface area (Å²) in [6, 6.07) is 2.42. The van der Waals surface area contributed by atoms with E-state index in [1.165, 1.54) is 0 Å². The third-order valence-electron chi connectivity index (χ3n) is 3.72. The van der Waals surface area contributed by atoms with Gasteiger partial charge in [-0.05, 0) is 43.6 Å². The van der Waals surface area contributed by atoms with Crippen LogP contribution in [0.3, 0.4) is 0 Å². The van der Waals surface area contributed by atoms with Gasteiger partial charge in [-0.2, -0.15) is 0 Å². The van der Waals surface area contributed by atoms with E-state index in [9.17, 15) is 13.2 Å². The van der Waals surface area contributed by atoms with Crippen molar-refractivity contribution < 1.29 is 13.2 Å². The second kappa shape index (κ2) is 5.92. The summed E-state index contributed by atoms with van der Waals surface area (Å²) < 4.78 is 39.0. The second-order valence-electron chi connectivity index (χ2n) is 5.39. The van der Waals surface area contributed by atoms with Crippen LogP contribution in [-0.4, -0.2) is 31.1 Å². The Morgan fingerprint density at radius 3 is 2.47 bits per heavy atom. The molecule has 0 aliphatic carbocycles. The second-order valence-corrected chi connectivity index (χ2v) is 5.39. The van der Waals surface area contributed by atoms with Crippen LogP contribution in [-0.2, 0) is 6.54 Å². The zero-order chi connectivity index (χ0) is 14.0. The van der Waals surface area contributed by atoms with Crippen molar-refractivity contribution in [3.05, 3.63) is 35.1 Å². The molecule has 1 heterocycles. The van der Waals surface area contributed by atoms with Crippen LogP contribution in [0.5, 0.6) is 0 Å². The molecular weight excluding hydrogens is 253 g/mol. The van der Waals surface area contributed by atoms with Crippen molar-refractivity contribution in [1.29, 1.82) is 0 Å². The number of piperidine rings is 1. The SMILES string of the molecule is CC1CN(C)CCC1NCc1cc(F)c(F)c(F)c1. The number of benzene rings is 1. The zero-order valence-electron chi connectivity index (χ0n) is 11.2. The van der Waals surface area contributed by atoms with Gasteiger partial charge in [-0.15, -0.1) is 0 Å². The molecule has 5 heteroatoms. The molecule has 0 amide bonds. The van der Waals surface area contributed by atoms with Crippen LogP contribution in [0.2, 0.25) is 0 Å². The molecule has 1 aromatic rings. The van der Waals surface area contributed by atoms with E-state index in [1.807, 2.05) is 0 Å². The van der Waals surface area contributed by atoms with Gasteiger partial charge in [-0.3, -0.25) is 0 Å². The smallest absolute Gasteiger partial charge is 0.194 e. The van der Waals surface area contributed by atoms with E-state index in [-0.39, 0.29) is 0 Å². The summed E-state index contributed by atoms with van der Waals surface area (Å²) in [6.45, 7) is 4.52. The first-order chi connectivity index (χ1) is 8.97. The predicted octanol–water partition coefficient (Wildman–Crippen LogP) is 2.53. The maximum Gasteiger partial charge on any atom is 0.194 e. The molecule has 2 atom stereocenters. The van der Waals surface area contributed by atoms with Crippen molar-refractivity contribution >= 4 is 0 Å². The molecule has 106 valence electrons. The van der Waals surface area contributed by atoms with Gasteiger partial charge in [0.25, 0.3) is 0 Å². The fourth-order valence-corrected chi connectivity index (χ4v) is 2.62. The fraction of sp³-hybridized carbons (Fsp3) is 0.571. The Bertz CT molecular complexity index is 427. The lowest BCUT2D eigenvalue weighted by molar-refractivity contribution is 0.174. The predicted molar refractivity (Wildman–Crippen MR) is 68.2 cm³/mol. The standard InChI is InChI=1S/C14H19F3N2/c1-9-8-19(2)4-3-13(9)18-7-10-5-11(15)14(17)12(16)6-10/h5-6,9,13,18H,3-4,7-8H2,1-2H3. The molecule has 19 heavy (non-hydrogen) atoms. The number of likely N-dealkylation sites (tertiary alicyclic amines) is 1. The average molecular weight is 272 g/mol. The lowest BCUT2D eigenvalue weighted by Gasteiger charge is -2.35. The van der Waals surface area contributed by atoms with Crippen LogP contribution in [0.4, 0.5) is 13.2 Å². The maximum absolute atomic E-state index is 13.1. The molecule has 0 saturated carbocycles. The van der Waals surface area contributed by atoms with E-state index in [1.54, 1.807) is 0 Å². The van der Waals surface area contributed by atoms with Gasteiger partial charge in [0.05, 0.1) is 0 Å². The average Bonchev–Trinajstić information content (AvgIpc) is 2.34. The minimum atomic E-state index is -1.41. The Morgan fingerprint density at radius 1 is 1.26 bits per heavy atom. The Kier molecular flexibility index (Phi) is 4.47. The highest BCUT2D eigenvalue weighted by Gasteiger charge is 2.23. The minimum Gasteiger partial charge on any atom is -0.310 e. The van der Waals surface area contributed by atoms with Crippen LogP contribution in [0, 0.1) is 23.4 Å². The maximum atomic E-state index is 13.1. The Morgan fingerprint density at radius 2 is 1.89 bits per heavy atom. The van der Waals surface area contributed by atoms with E-state index < -0.39 is 17.5 Å². The van der Waals surface area contributed by atoms with Crippen molar-refractivity contribution in [1.82, 2.24) is 10.2 Å². The molecule has 1 saturated heterocycles. The van der Waals surface area contributed by atoms with Crippen LogP contribution >= 0.6 is 0 Å². The number of nitrogens with zero attached hydrogens (tertiary/aromatic N) is 1. The topological polar surface area (TPSA) is 15.3 Å². The summed E-state index contributed by atoms with van der Waals surface area (Å²) in [5.41, 5.74) is 0.433. The highest BCUT2D eigenvalue weighted by Crippen LogP contribution is 2.17. The van der Waals surface area contributed by atoms with Gasteiger partial charge in [-0.25, -0.2) is 13.2 Å². The molecular formula is C14H19F3N2. The van der Waals surface area contributed by atoms with Gasteiger partial charge in [0.15, 0.2) is 17.5 Å². The van der Waals surface area contributed by atoms with E-state index in [4.69, 9.17) is 0 Å². The quantitative estimate of drug-likeness (QED) is 0.851. The van der Waals surface area contributed by atoms with E-state index in [2.05, 4.69) is 24.2 Å². The normalized spacial score (nSPS) is 24.7. The lowest BCUT2D eigenvalue weighted by atomic mass is 9.94. The molecule has 0 radical (unpaired) electrons. The van der Waals surface area contributed by atoms with Crippen LogP contribution in [0.25, 0.3) is 0 Å². The summed E-state index contributed by atoms with van der Waals surface area (Å²) >= 11 is 0. The number of halogens is 3. The summed E-state index contributed by atoms with van der Waals surface area (Å²) in [4.78, 5) is 2.26. The van der Waals surface area contributed by atoms with E-state index in [0.717, 1.165) is 31.6 Å². The lowest BCUT2D eigenvalue weighted by Crippen LogP contribution is -2.46. The molecule has 2 rings (SSSR count). The van der Waals surface area contributed by atoms with Crippen molar-refractivity contribution in [2.45, 2.75) is 25.9 Å². The number of nitrogens with one attached hydrogen (secondary N) is 1. The molecule has 0 bridgehead atoms. The van der Waals surface area contributed by atoms with Crippen molar-refractivity contribution in [3.63, 3.8) is 0 Å². The largest absolute Gasteiger partial charge is 0.310 e. The summed E-state index contributed by atoms with van der Waals surface area (Å²) in [5, 5.41) is 3.30. The molecule has 2 unspecified atom stereocenters. The summed E-state index contributed by atoms with van der Waals surface area (Å²) in [5.74, 6) is -3.19. The van der Waals surface area contributed by atoms with Crippen LogP contribution in [0.15, 0.2) is 12.1 Å². The van der Waals surface area contributed by atoms with Gasteiger partial charge in [-0.1, -0.05) is 6.92 Å². The van der Waals surface area contributed by atoms with Gasteiger partial charge in [0, 0.05) is 19.1 Å². The van der Waals surface area contributed by atoms with Crippen molar-refractivity contribution in [3.8, 4) is 0 Å². The highest BCUT2D eigenvalue weighted by atomic mass is 19.2. The molecule has 1 aliphatic heterocycles. The number of hydrogen-bond acceptors (Lipinski definition) is 2. The third-order valence-corrected chi connectivity index (χ3v) is 3.72. The monoisotopic (exact) mass is 272 g/mol. The molecule has 0 aromatic heterocycles. The van der Waals surface area contributed by atoms with E-state index >= 15 is 0 Å². The molecule has 1 aliphatic rings. The van der Waals surface area contributed by atoms with Crippen molar-refractivity contribution in [2.24, 2.45) is 5.92 Å². The van der Waals surface area contributed by atoms with Crippen molar-refractivity contribution in [2.75, 3.05) is 20.1 Å². The summed E-state index contributed by atoms with van der Waals surface area (Å²) in [6.07, 6.45) is 1.00. The number of hydrogen-bond donors (Lipinski definition) is 1. The van der Waals surface area contributed by atoms with Gasteiger partial charge >= 0.3 is 0 Å². The first-order valence-corrected chi connectivity index (χ1v) is 6.52. The zero-order valence-corrected chi connectivity index (χ0v) is 11.2. The van der Waals surface area contributed by atoms with E-state index in [0.29, 0.717) is 24.1 Å². The van der Waals surface area contributed by atoms with Gasteiger partial charge in [0.1, 0.15) is 0 Å². The Balaban J connectivity index is 1.95. The first-order valence-electron chi connectivity index (χ1n) is 6.52. The molecule has 0 spiro atoms. The third kappa shape index (κ3) is 3.48. The first kappa shape index (κ1) is 14.3. The van der Waals surface area contributed by atoms with Crippen LogP contribution in [0.1, 0.15) is 18.9 Å². The van der Waals surface area contributed by atoms with Gasteiger partial charge < -0.3 is 10.2 Å². The van der Waals surface area contributed by atoms with Crippen LogP contribution < -0.4 is 5.32 Å². The highest BCUT2D eigenvalue weighted by molar-refractivity contribution is 5.19.